The fraction of sp³-hybridized carbons (Fsp3) is 0.0400. The van der Waals surface area contributed by atoms with Crippen molar-refractivity contribution in [3.05, 3.63) is 109 Å². The number of anilines is 2. The van der Waals surface area contributed by atoms with E-state index in [2.05, 4.69) is 130 Å². The van der Waals surface area contributed by atoms with Crippen LogP contribution in [0.3, 0.4) is 0 Å². The molecule has 0 aliphatic rings. The summed E-state index contributed by atoms with van der Waals surface area (Å²) in [5.41, 5.74) is 8.59. The first-order valence-electron chi connectivity index (χ1n) is 9.00. The van der Waals surface area contributed by atoms with Gasteiger partial charge in [0.25, 0.3) is 0 Å². The molecule has 0 saturated heterocycles. The summed E-state index contributed by atoms with van der Waals surface area (Å²) >= 11 is 2.39. The van der Waals surface area contributed by atoms with Crippen LogP contribution in [0.15, 0.2) is 103 Å². The Morgan fingerprint density at radius 3 is 1.63 bits per heavy atom. The van der Waals surface area contributed by atoms with E-state index in [1.165, 1.54) is 39.2 Å². The van der Waals surface area contributed by atoms with Crippen LogP contribution in [0.2, 0.25) is 0 Å². The highest BCUT2D eigenvalue weighted by Crippen LogP contribution is 2.36. The van der Waals surface area contributed by atoms with Gasteiger partial charge in [0.05, 0.1) is 34.2 Å². The largest absolute Gasteiger partial charge is 0.283 e. The maximum atomic E-state index is 2.39. The second-order valence-electron chi connectivity index (χ2n) is 6.56. The molecule has 4 aromatic rings. The number of hydrogen-bond acceptors (Lipinski definition) is 1. The lowest BCUT2D eigenvalue weighted by molar-refractivity contribution is 1.38. The maximum Gasteiger partial charge on any atom is 0.0646 e. The number of nitrogens with zero attached hydrogens (tertiary/aromatic N) is 1. The Hall–Kier alpha value is -2.59. The molecule has 27 heavy (non-hydrogen) atoms. The summed E-state index contributed by atoms with van der Waals surface area (Å²) in [7, 11) is 0. The zero-order valence-corrected chi connectivity index (χ0v) is 17.3. The van der Waals surface area contributed by atoms with Crippen molar-refractivity contribution in [1.29, 1.82) is 0 Å². The molecule has 0 fully saturated rings. The molecule has 132 valence electrons. The van der Waals surface area contributed by atoms with Crippen LogP contribution < -0.4 is 3.11 Å². The molecule has 0 heterocycles. The van der Waals surface area contributed by atoms with E-state index in [-0.39, 0.29) is 0 Å². The Morgan fingerprint density at radius 1 is 0.556 bits per heavy atom. The highest BCUT2D eigenvalue weighted by molar-refractivity contribution is 14.1. The SMILES string of the molecule is Cc1ccc(-c2ccccc2)cc1N(I)c1ccc(-c2ccccc2)cc1. The monoisotopic (exact) mass is 461 g/mol. The highest BCUT2D eigenvalue weighted by atomic mass is 127. The zero-order valence-electron chi connectivity index (χ0n) is 15.1. The molecule has 0 aliphatic heterocycles. The Balaban J connectivity index is 1.65. The fourth-order valence-corrected chi connectivity index (χ4v) is 4.03. The third-order valence-electron chi connectivity index (χ3n) is 4.73. The van der Waals surface area contributed by atoms with E-state index in [4.69, 9.17) is 0 Å². The molecule has 0 bridgehead atoms. The van der Waals surface area contributed by atoms with Crippen molar-refractivity contribution < 1.29 is 0 Å². The van der Waals surface area contributed by atoms with Gasteiger partial charge in [0, 0.05) is 0 Å². The topological polar surface area (TPSA) is 3.24 Å². The average Bonchev–Trinajstić information content (AvgIpc) is 2.75. The predicted octanol–water partition coefficient (Wildman–Crippen LogP) is 7.82. The van der Waals surface area contributed by atoms with Crippen LogP contribution in [0.25, 0.3) is 22.3 Å². The molecule has 2 heteroatoms. The van der Waals surface area contributed by atoms with Gasteiger partial charge in [-0.05, 0) is 52.9 Å². The van der Waals surface area contributed by atoms with Crippen molar-refractivity contribution >= 4 is 34.2 Å². The summed E-state index contributed by atoms with van der Waals surface area (Å²) in [6, 6.07) is 36.4. The van der Waals surface area contributed by atoms with Crippen LogP contribution in [0.1, 0.15) is 5.56 Å². The molecular weight excluding hydrogens is 441 g/mol. The lowest BCUT2D eigenvalue weighted by Crippen LogP contribution is -2.03. The molecular formula is C25H20IN. The van der Waals surface area contributed by atoms with E-state index >= 15 is 0 Å². The van der Waals surface area contributed by atoms with Crippen molar-refractivity contribution in [3.8, 4) is 22.3 Å². The lowest BCUT2D eigenvalue weighted by atomic mass is 10.0. The minimum absolute atomic E-state index is 1.17. The van der Waals surface area contributed by atoms with E-state index < -0.39 is 0 Å². The Morgan fingerprint density at radius 2 is 1.04 bits per heavy atom. The fourth-order valence-electron chi connectivity index (χ4n) is 3.19. The minimum Gasteiger partial charge on any atom is -0.283 e. The van der Waals surface area contributed by atoms with Crippen LogP contribution in [-0.2, 0) is 0 Å². The third kappa shape index (κ3) is 3.91. The van der Waals surface area contributed by atoms with Crippen molar-refractivity contribution in [2.45, 2.75) is 6.92 Å². The lowest BCUT2D eigenvalue weighted by Gasteiger charge is -2.20. The summed E-state index contributed by atoms with van der Waals surface area (Å²) in [6.45, 7) is 2.16. The third-order valence-corrected chi connectivity index (χ3v) is 5.81. The first-order chi connectivity index (χ1) is 13.2. The number of benzene rings is 4. The Kier molecular flexibility index (Phi) is 5.26. The normalized spacial score (nSPS) is 10.6. The highest BCUT2D eigenvalue weighted by Gasteiger charge is 2.11. The first kappa shape index (κ1) is 17.8. The number of aryl methyl sites for hydroxylation is 1. The minimum atomic E-state index is 1.17. The van der Waals surface area contributed by atoms with Crippen molar-refractivity contribution in [2.75, 3.05) is 3.11 Å². The molecule has 1 nitrogen and oxygen atoms in total. The van der Waals surface area contributed by atoms with Gasteiger partial charge in [0.1, 0.15) is 0 Å². The molecule has 0 amide bonds. The average molecular weight is 461 g/mol. The molecule has 0 atom stereocenters. The van der Waals surface area contributed by atoms with Crippen molar-refractivity contribution in [2.24, 2.45) is 0 Å². The van der Waals surface area contributed by atoms with Gasteiger partial charge in [-0.2, -0.15) is 0 Å². The predicted molar refractivity (Wildman–Crippen MR) is 125 cm³/mol. The molecule has 0 aromatic heterocycles. The summed E-state index contributed by atoms with van der Waals surface area (Å²) in [6.07, 6.45) is 0. The van der Waals surface area contributed by atoms with Gasteiger partial charge in [-0.15, -0.1) is 0 Å². The number of rotatable bonds is 4. The zero-order chi connectivity index (χ0) is 18.6. The van der Waals surface area contributed by atoms with Crippen molar-refractivity contribution in [3.63, 3.8) is 0 Å². The molecule has 0 aliphatic carbocycles. The van der Waals surface area contributed by atoms with Gasteiger partial charge in [-0.3, -0.25) is 3.11 Å². The van der Waals surface area contributed by atoms with Gasteiger partial charge in [-0.1, -0.05) is 84.9 Å². The van der Waals surface area contributed by atoms with E-state index in [1.807, 2.05) is 6.07 Å². The van der Waals surface area contributed by atoms with E-state index in [0.717, 1.165) is 0 Å². The summed E-state index contributed by atoms with van der Waals surface area (Å²) < 4.78 is 2.23. The van der Waals surface area contributed by atoms with Gasteiger partial charge < -0.3 is 0 Å². The van der Waals surface area contributed by atoms with E-state index in [9.17, 15) is 0 Å². The van der Waals surface area contributed by atoms with Crippen LogP contribution in [0.4, 0.5) is 11.4 Å². The molecule has 4 rings (SSSR count). The maximum absolute atomic E-state index is 2.39. The standard InChI is InChI=1S/C25H20IN/c1-19-12-13-23(21-10-6-3-7-11-21)18-25(19)27(26)24-16-14-22(15-17-24)20-8-4-2-5-9-20/h2-18H,1H3. The van der Waals surface area contributed by atoms with Crippen molar-refractivity contribution in [1.82, 2.24) is 0 Å². The van der Waals surface area contributed by atoms with E-state index in [0.29, 0.717) is 0 Å². The molecule has 0 unspecified atom stereocenters. The summed E-state index contributed by atoms with van der Waals surface area (Å²) in [4.78, 5) is 0. The summed E-state index contributed by atoms with van der Waals surface area (Å²) in [5, 5.41) is 0. The molecule has 0 saturated carbocycles. The van der Waals surface area contributed by atoms with Crippen LogP contribution in [0.5, 0.6) is 0 Å². The van der Waals surface area contributed by atoms with E-state index in [1.54, 1.807) is 0 Å². The second kappa shape index (κ2) is 7.97. The van der Waals surface area contributed by atoms with Crippen LogP contribution in [0, 0.1) is 6.92 Å². The summed E-state index contributed by atoms with van der Waals surface area (Å²) in [5.74, 6) is 0. The second-order valence-corrected chi connectivity index (χ2v) is 7.53. The molecule has 0 spiro atoms. The van der Waals surface area contributed by atoms with Gasteiger partial charge in [0.15, 0.2) is 0 Å². The Labute approximate surface area is 174 Å². The Bertz CT molecular complexity index is 1020. The van der Waals surface area contributed by atoms with Gasteiger partial charge >= 0.3 is 0 Å². The molecule has 0 N–H and O–H groups in total. The van der Waals surface area contributed by atoms with Gasteiger partial charge in [0.2, 0.25) is 0 Å². The molecule has 4 aromatic carbocycles. The number of hydrogen-bond donors (Lipinski definition) is 0. The van der Waals surface area contributed by atoms with Gasteiger partial charge in [-0.25, -0.2) is 0 Å². The molecule has 0 radical (unpaired) electrons. The smallest absolute Gasteiger partial charge is 0.0646 e. The van der Waals surface area contributed by atoms with Crippen LogP contribution in [-0.4, -0.2) is 0 Å². The first-order valence-corrected chi connectivity index (χ1v) is 9.96. The van der Waals surface area contributed by atoms with Crippen LogP contribution >= 0.6 is 22.9 Å². The quantitative estimate of drug-likeness (QED) is 0.221. The number of halogens is 1.